The van der Waals surface area contributed by atoms with Crippen molar-refractivity contribution in [2.45, 2.75) is 83.2 Å². The molecule has 2 nitrogen and oxygen atoms in total. The van der Waals surface area contributed by atoms with Crippen LogP contribution in [0.5, 0.6) is 5.75 Å². The first-order valence-electron chi connectivity index (χ1n) is 11.6. The molecule has 4 aliphatic carbocycles. The molecule has 0 unspecified atom stereocenters. The van der Waals surface area contributed by atoms with Crippen LogP contribution in [-0.2, 0) is 6.42 Å². The Bertz CT molecular complexity index is 798. The van der Waals surface area contributed by atoms with Crippen LogP contribution in [0.15, 0.2) is 30.4 Å². The van der Waals surface area contributed by atoms with Gasteiger partial charge in [0.05, 0.1) is 5.60 Å². The highest BCUT2D eigenvalue weighted by atomic mass is 16.3. The van der Waals surface area contributed by atoms with E-state index in [-0.39, 0.29) is 5.41 Å². The summed E-state index contributed by atoms with van der Waals surface area (Å²) >= 11 is 0. The number of rotatable bonds is 2. The van der Waals surface area contributed by atoms with E-state index in [0.29, 0.717) is 35.3 Å². The molecule has 1 aromatic carbocycles. The fraction of sp³-hybridized carbons (Fsp3) is 0.692. The normalized spacial score (nSPS) is 44.4. The second-order valence-corrected chi connectivity index (χ2v) is 10.7. The third-order valence-electron chi connectivity index (χ3n) is 9.50. The second-order valence-electron chi connectivity index (χ2n) is 10.7. The highest BCUT2D eigenvalue weighted by Crippen LogP contribution is 2.69. The maximum atomic E-state index is 12.0. The molecule has 0 bridgehead atoms. The minimum atomic E-state index is -0.538. The standard InChI is InChI=1S/C26H36O2/c1-4-5-17-12-18-13-20(27)8-9-21(18)22-10-11-25(3)23(24(17)22)14-19-7-6-16(2)15-26(19,25)28/h8-9,13,17,19,22-24,27-28H,2,4-7,10-12,14-15H2,1,3H3/t17-,19-,22-,23+,24-,25+,26+/m1/s1. The summed E-state index contributed by atoms with van der Waals surface area (Å²) in [4.78, 5) is 0. The summed E-state index contributed by atoms with van der Waals surface area (Å²) in [6.07, 6.45) is 10.1. The second kappa shape index (κ2) is 6.36. The van der Waals surface area contributed by atoms with Crippen molar-refractivity contribution in [1.82, 2.24) is 0 Å². The van der Waals surface area contributed by atoms with E-state index < -0.39 is 5.60 Å². The molecule has 7 atom stereocenters. The van der Waals surface area contributed by atoms with E-state index in [1.165, 1.54) is 42.4 Å². The Labute approximate surface area is 170 Å². The summed E-state index contributed by atoms with van der Waals surface area (Å²) in [7, 11) is 0. The monoisotopic (exact) mass is 380 g/mol. The molecule has 2 N–H and O–H groups in total. The van der Waals surface area contributed by atoms with Gasteiger partial charge in [-0.2, -0.15) is 0 Å². The number of hydrogen-bond acceptors (Lipinski definition) is 2. The molecule has 4 aliphatic rings. The van der Waals surface area contributed by atoms with Crippen molar-refractivity contribution in [1.29, 1.82) is 0 Å². The topological polar surface area (TPSA) is 40.5 Å². The molecule has 0 radical (unpaired) electrons. The molecule has 152 valence electrons. The zero-order valence-electron chi connectivity index (χ0n) is 17.6. The quantitative estimate of drug-likeness (QED) is 0.620. The Hall–Kier alpha value is -1.28. The number of phenols is 1. The van der Waals surface area contributed by atoms with E-state index in [1.54, 1.807) is 0 Å². The van der Waals surface area contributed by atoms with E-state index in [0.717, 1.165) is 32.1 Å². The van der Waals surface area contributed by atoms with Crippen molar-refractivity contribution in [2.24, 2.45) is 29.1 Å². The van der Waals surface area contributed by atoms with Crippen molar-refractivity contribution in [3.63, 3.8) is 0 Å². The van der Waals surface area contributed by atoms with Gasteiger partial charge in [0.15, 0.2) is 0 Å². The fourth-order valence-electron chi connectivity index (χ4n) is 8.25. The first kappa shape index (κ1) is 18.7. The van der Waals surface area contributed by atoms with Gasteiger partial charge in [-0.1, -0.05) is 44.9 Å². The zero-order valence-corrected chi connectivity index (χ0v) is 17.6. The minimum absolute atomic E-state index is 0.0304. The lowest BCUT2D eigenvalue weighted by atomic mass is 9.49. The van der Waals surface area contributed by atoms with Crippen LogP contribution in [0.25, 0.3) is 0 Å². The van der Waals surface area contributed by atoms with Gasteiger partial charge in [-0.05, 0) is 97.8 Å². The molecule has 0 spiro atoms. The summed E-state index contributed by atoms with van der Waals surface area (Å²) in [5.41, 5.74) is 3.62. The van der Waals surface area contributed by atoms with E-state index in [2.05, 4.69) is 26.5 Å². The Kier molecular flexibility index (Phi) is 4.25. The predicted octanol–water partition coefficient (Wildman–Crippen LogP) is 5.97. The number of benzene rings is 1. The number of aromatic hydroxyl groups is 1. The Morgan fingerprint density at radius 3 is 2.86 bits per heavy atom. The molecule has 3 saturated carbocycles. The van der Waals surface area contributed by atoms with Crippen LogP contribution in [0, 0.1) is 29.1 Å². The lowest BCUT2D eigenvalue weighted by Crippen LogP contribution is -2.55. The molecule has 0 aliphatic heterocycles. The average molecular weight is 381 g/mol. The van der Waals surface area contributed by atoms with Crippen molar-refractivity contribution in [3.8, 4) is 5.75 Å². The Morgan fingerprint density at radius 1 is 1.25 bits per heavy atom. The van der Waals surface area contributed by atoms with Gasteiger partial charge in [0.1, 0.15) is 5.75 Å². The predicted molar refractivity (Wildman–Crippen MR) is 113 cm³/mol. The maximum absolute atomic E-state index is 12.0. The average Bonchev–Trinajstić information content (AvgIpc) is 2.88. The zero-order chi connectivity index (χ0) is 19.7. The molecule has 0 aromatic heterocycles. The van der Waals surface area contributed by atoms with Gasteiger partial charge in [0.2, 0.25) is 0 Å². The molecule has 0 heterocycles. The summed E-state index contributed by atoms with van der Waals surface area (Å²) in [5, 5.41) is 22.0. The van der Waals surface area contributed by atoms with Crippen molar-refractivity contribution in [2.75, 3.05) is 0 Å². The molecule has 28 heavy (non-hydrogen) atoms. The van der Waals surface area contributed by atoms with Crippen LogP contribution in [0.2, 0.25) is 0 Å². The first-order chi connectivity index (χ1) is 13.4. The van der Waals surface area contributed by atoms with Crippen LogP contribution in [-0.4, -0.2) is 15.8 Å². The van der Waals surface area contributed by atoms with E-state index >= 15 is 0 Å². The lowest BCUT2D eigenvalue weighted by Gasteiger charge is -2.56. The van der Waals surface area contributed by atoms with Crippen molar-refractivity contribution >= 4 is 0 Å². The molecule has 0 saturated heterocycles. The molecule has 0 amide bonds. The summed E-state index contributed by atoms with van der Waals surface area (Å²) in [6, 6.07) is 6.11. The van der Waals surface area contributed by atoms with E-state index in [1.807, 2.05) is 12.1 Å². The van der Waals surface area contributed by atoms with Gasteiger partial charge in [0, 0.05) is 5.41 Å². The fourth-order valence-corrected chi connectivity index (χ4v) is 8.25. The van der Waals surface area contributed by atoms with Crippen molar-refractivity contribution in [3.05, 3.63) is 41.5 Å². The van der Waals surface area contributed by atoms with Gasteiger partial charge >= 0.3 is 0 Å². The molecule has 1 aromatic rings. The number of aliphatic hydroxyl groups is 1. The van der Waals surface area contributed by atoms with Crippen LogP contribution < -0.4 is 0 Å². The van der Waals surface area contributed by atoms with Gasteiger partial charge in [0.25, 0.3) is 0 Å². The Morgan fingerprint density at radius 2 is 2.07 bits per heavy atom. The summed E-state index contributed by atoms with van der Waals surface area (Å²) in [5.74, 6) is 3.44. The molecule has 5 rings (SSSR count). The van der Waals surface area contributed by atoms with Crippen LogP contribution in [0.4, 0.5) is 0 Å². The van der Waals surface area contributed by atoms with Gasteiger partial charge in [-0.25, -0.2) is 0 Å². The molecular formula is C26H36O2. The van der Waals surface area contributed by atoms with Crippen LogP contribution in [0.1, 0.15) is 82.3 Å². The lowest BCUT2D eigenvalue weighted by molar-refractivity contribution is -0.132. The van der Waals surface area contributed by atoms with Crippen LogP contribution in [0.3, 0.4) is 0 Å². The highest BCUT2D eigenvalue weighted by molar-refractivity contribution is 5.41. The summed E-state index contributed by atoms with van der Waals surface area (Å²) in [6.45, 7) is 8.99. The van der Waals surface area contributed by atoms with Gasteiger partial charge < -0.3 is 10.2 Å². The third kappa shape index (κ3) is 2.43. The minimum Gasteiger partial charge on any atom is -0.508 e. The summed E-state index contributed by atoms with van der Waals surface area (Å²) < 4.78 is 0. The maximum Gasteiger partial charge on any atom is 0.115 e. The Balaban J connectivity index is 1.57. The highest BCUT2D eigenvalue weighted by Gasteiger charge is 2.66. The van der Waals surface area contributed by atoms with E-state index in [4.69, 9.17) is 0 Å². The molecular weight excluding hydrogens is 344 g/mol. The number of fused-ring (bicyclic) bond motifs is 7. The first-order valence-corrected chi connectivity index (χ1v) is 11.6. The number of hydrogen-bond donors (Lipinski definition) is 2. The van der Waals surface area contributed by atoms with Gasteiger partial charge in [-0.3, -0.25) is 0 Å². The largest absolute Gasteiger partial charge is 0.508 e. The van der Waals surface area contributed by atoms with Crippen LogP contribution >= 0.6 is 0 Å². The smallest absolute Gasteiger partial charge is 0.115 e. The SMILES string of the molecule is C=C1CC[C@@H]2C[C@H]3[C@@H]4[C@H](CCC)Cc5cc(O)ccc5[C@H]4CC[C@]3(C)[C@]2(O)C1. The van der Waals surface area contributed by atoms with E-state index in [9.17, 15) is 10.2 Å². The number of phenolic OH excluding ortho intramolecular Hbond substituents is 1. The molecule has 3 fully saturated rings. The van der Waals surface area contributed by atoms with Gasteiger partial charge in [-0.15, -0.1) is 0 Å². The molecule has 2 heteroatoms. The van der Waals surface area contributed by atoms with Crippen molar-refractivity contribution < 1.29 is 10.2 Å². The third-order valence-corrected chi connectivity index (χ3v) is 9.50.